The van der Waals surface area contributed by atoms with Gasteiger partial charge in [0.2, 0.25) is 11.8 Å². The van der Waals surface area contributed by atoms with Crippen LogP contribution in [-0.4, -0.2) is 29.2 Å². The maximum atomic E-state index is 12.9. The standard InChI is InChI=1S/C14H14BClN4O3/c1-6-18-9-5-7(16)4-8(17)11(9)12(22)20(6)14(15)3-2-10(21)19-13(14)23/h4-5H,2-3,15,17H2,1H3,(H,19,21,23)/t14-/m1/s1. The molecule has 0 spiro atoms. The quantitative estimate of drug-likeness (QED) is 0.422. The number of imide groups is 1. The Labute approximate surface area is 137 Å². The van der Waals surface area contributed by atoms with Crippen molar-refractivity contribution in [2.45, 2.75) is 25.2 Å². The molecule has 1 aromatic carbocycles. The summed E-state index contributed by atoms with van der Waals surface area (Å²) in [6.07, 6.45) is 0.376. The molecule has 0 unspecified atom stereocenters. The maximum Gasteiger partial charge on any atom is 0.263 e. The van der Waals surface area contributed by atoms with Gasteiger partial charge in [0.15, 0.2) is 0 Å². The number of anilines is 1. The van der Waals surface area contributed by atoms with Crippen molar-refractivity contribution in [2.75, 3.05) is 5.73 Å². The van der Waals surface area contributed by atoms with Crippen molar-refractivity contribution in [3.63, 3.8) is 0 Å². The minimum absolute atomic E-state index is 0.155. The van der Waals surface area contributed by atoms with Crippen LogP contribution in [0.4, 0.5) is 5.69 Å². The first-order valence-corrected chi connectivity index (χ1v) is 7.45. The SMILES string of the molecule is B[C@@]1(n2c(C)nc3cc(Cl)cc(N)c3c2=O)CCC(=O)NC1=O. The van der Waals surface area contributed by atoms with E-state index in [1.807, 2.05) is 0 Å². The highest BCUT2D eigenvalue weighted by atomic mass is 35.5. The molecule has 1 aliphatic heterocycles. The number of aromatic nitrogens is 2. The van der Waals surface area contributed by atoms with Crippen molar-refractivity contribution in [1.82, 2.24) is 14.9 Å². The van der Waals surface area contributed by atoms with Gasteiger partial charge in [-0.1, -0.05) is 11.6 Å². The van der Waals surface area contributed by atoms with Gasteiger partial charge in [-0.3, -0.25) is 24.3 Å². The number of benzene rings is 1. The summed E-state index contributed by atoms with van der Waals surface area (Å²) in [6.45, 7) is 1.63. The lowest BCUT2D eigenvalue weighted by Gasteiger charge is -2.35. The zero-order valence-corrected chi connectivity index (χ0v) is 13.4. The molecule has 0 aliphatic carbocycles. The molecule has 9 heteroatoms. The summed E-state index contributed by atoms with van der Waals surface area (Å²) in [6, 6.07) is 3.03. The number of nitrogens with one attached hydrogen (secondary N) is 1. The molecule has 0 bridgehead atoms. The number of carbonyl (C=O) groups is 2. The van der Waals surface area contributed by atoms with E-state index in [1.54, 1.807) is 20.8 Å². The number of nitrogen functional groups attached to an aromatic ring is 1. The Morgan fingerprint density at radius 1 is 1.39 bits per heavy atom. The monoisotopic (exact) mass is 332 g/mol. The fraction of sp³-hybridized carbons (Fsp3) is 0.286. The molecule has 2 heterocycles. The lowest BCUT2D eigenvalue weighted by Crippen LogP contribution is -2.58. The second-order valence-corrected chi connectivity index (χ2v) is 6.28. The van der Waals surface area contributed by atoms with Crippen LogP contribution in [0.2, 0.25) is 5.02 Å². The predicted octanol–water partition coefficient (Wildman–Crippen LogP) is -0.337. The molecule has 1 aliphatic rings. The Hall–Kier alpha value is -2.35. The molecule has 2 amide bonds. The van der Waals surface area contributed by atoms with Crippen molar-refractivity contribution < 1.29 is 9.59 Å². The fourth-order valence-electron chi connectivity index (χ4n) is 3.01. The number of hydrogen-bond acceptors (Lipinski definition) is 5. The summed E-state index contributed by atoms with van der Waals surface area (Å²) in [4.78, 5) is 41.0. The first-order chi connectivity index (χ1) is 10.7. The number of amides is 2. The van der Waals surface area contributed by atoms with Crippen LogP contribution in [0, 0.1) is 6.92 Å². The Bertz CT molecular complexity index is 926. The van der Waals surface area contributed by atoms with Gasteiger partial charge in [0, 0.05) is 17.1 Å². The highest BCUT2D eigenvalue weighted by molar-refractivity contribution is 6.32. The third-order valence-electron chi connectivity index (χ3n) is 4.21. The Kier molecular flexibility index (Phi) is 3.44. The molecule has 23 heavy (non-hydrogen) atoms. The van der Waals surface area contributed by atoms with Crippen LogP contribution in [0.3, 0.4) is 0 Å². The molecule has 1 fully saturated rings. The highest BCUT2D eigenvalue weighted by Gasteiger charge is 2.41. The van der Waals surface area contributed by atoms with E-state index in [4.69, 9.17) is 17.3 Å². The van der Waals surface area contributed by atoms with Gasteiger partial charge in [0.25, 0.3) is 5.56 Å². The van der Waals surface area contributed by atoms with E-state index in [0.29, 0.717) is 16.4 Å². The molecule has 3 rings (SSSR count). The van der Waals surface area contributed by atoms with Crippen LogP contribution >= 0.6 is 11.6 Å². The smallest absolute Gasteiger partial charge is 0.263 e. The average Bonchev–Trinajstić information content (AvgIpc) is 2.42. The summed E-state index contributed by atoms with van der Waals surface area (Å²) in [5.74, 6) is -0.512. The predicted molar refractivity (Wildman–Crippen MR) is 89.1 cm³/mol. The van der Waals surface area contributed by atoms with Gasteiger partial charge in [-0.2, -0.15) is 0 Å². The van der Waals surface area contributed by atoms with Crippen molar-refractivity contribution in [2.24, 2.45) is 0 Å². The number of fused-ring (bicyclic) bond motifs is 1. The summed E-state index contributed by atoms with van der Waals surface area (Å²) in [7, 11) is 1.61. The van der Waals surface area contributed by atoms with Crippen LogP contribution in [-0.2, 0) is 15.0 Å². The molecular formula is C14H14BClN4O3. The fourth-order valence-corrected chi connectivity index (χ4v) is 3.23. The Morgan fingerprint density at radius 2 is 2.09 bits per heavy atom. The number of piperidine rings is 1. The van der Waals surface area contributed by atoms with Crippen LogP contribution in [0.15, 0.2) is 16.9 Å². The summed E-state index contributed by atoms with van der Waals surface area (Å²) in [5, 5.41) is 2.87. The van der Waals surface area contributed by atoms with Crippen LogP contribution < -0.4 is 16.6 Å². The van der Waals surface area contributed by atoms with Crippen molar-refractivity contribution in [1.29, 1.82) is 0 Å². The van der Waals surface area contributed by atoms with Crippen LogP contribution in [0.1, 0.15) is 18.7 Å². The van der Waals surface area contributed by atoms with Gasteiger partial charge >= 0.3 is 0 Å². The number of aryl methyl sites for hydroxylation is 1. The number of nitrogens with two attached hydrogens (primary N) is 1. The molecule has 118 valence electrons. The lowest BCUT2D eigenvalue weighted by molar-refractivity contribution is -0.137. The third kappa shape index (κ3) is 2.30. The molecule has 1 aromatic heterocycles. The first kappa shape index (κ1) is 15.5. The van der Waals surface area contributed by atoms with Crippen LogP contribution in [0.25, 0.3) is 10.9 Å². The molecule has 0 radical (unpaired) electrons. The van der Waals surface area contributed by atoms with Gasteiger partial charge in [0.05, 0.1) is 16.3 Å². The largest absolute Gasteiger partial charge is 0.398 e. The Balaban J connectivity index is 2.33. The topological polar surface area (TPSA) is 107 Å². The summed E-state index contributed by atoms with van der Waals surface area (Å²) >= 11 is 5.95. The van der Waals surface area contributed by atoms with Crippen molar-refractivity contribution in [3.05, 3.63) is 33.3 Å². The van der Waals surface area contributed by atoms with Gasteiger partial charge in [-0.05, 0) is 25.5 Å². The molecule has 0 saturated carbocycles. The normalized spacial score (nSPS) is 21.5. The van der Waals surface area contributed by atoms with Gasteiger partial charge in [-0.15, -0.1) is 0 Å². The molecule has 1 saturated heterocycles. The van der Waals surface area contributed by atoms with Gasteiger partial charge in [-0.25, -0.2) is 4.98 Å². The highest BCUT2D eigenvalue weighted by Crippen LogP contribution is 2.27. The number of hydrogen-bond donors (Lipinski definition) is 2. The number of nitrogens with zero attached hydrogens (tertiary/aromatic N) is 2. The van der Waals surface area contributed by atoms with Crippen LogP contribution in [0.5, 0.6) is 0 Å². The van der Waals surface area contributed by atoms with Crippen molar-refractivity contribution in [3.8, 4) is 0 Å². The zero-order valence-electron chi connectivity index (χ0n) is 12.6. The minimum Gasteiger partial charge on any atom is -0.398 e. The first-order valence-electron chi connectivity index (χ1n) is 7.07. The van der Waals surface area contributed by atoms with E-state index in [0.717, 1.165) is 0 Å². The number of halogens is 1. The second kappa shape index (κ2) is 5.09. The molecular weight excluding hydrogens is 318 g/mol. The van der Waals surface area contributed by atoms with Gasteiger partial charge < -0.3 is 5.73 Å². The number of carbonyl (C=O) groups excluding carboxylic acids is 2. The average molecular weight is 333 g/mol. The second-order valence-electron chi connectivity index (χ2n) is 5.84. The zero-order chi connectivity index (χ0) is 16.9. The van der Waals surface area contributed by atoms with E-state index in [2.05, 4.69) is 10.3 Å². The molecule has 2 aromatic rings. The Morgan fingerprint density at radius 3 is 2.74 bits per heavy atom. The maximum absolute atomic E-state index is 12.9. The summed E-state index contributed by atoms with van der Waals surface area (Å²) in [5.41, 5.74) is 4.88. The van der Waals surface area contributed by atoms with E-state index in [1.165, 1.54) is 10.6 Å². The van der Waals surface area contributed by atoms with E-state index in [9.17, 15) is 14.4 Å². The van der Waals surface area contributed by atoms with E-state index < -0.39 is 16.9 Å². The molecule has 7 nitrogen and oxygen atoms in total. The lowest BCUT2D eigenvalue weighted by atomic mass is 9.71. The van der Waals surface area contributed by atoms with Gasteiger partial charge in [0.1, 0.15) is 13.7 Å². The number of rotatable bonds is 1. The van der Waals surface area contributed by atoms with Crippen molar-refractivity contribution >= 4 is 47.9 Å². The van der Waals surface area contributed by atoms with E-state index in [-0.39, 0.29) is 29.8 Å². The molecule has 1 atom stereocenters. The molecule has 3 N–H and O–H groups in total. The minimum atomic E-state index is -1.19. The summed E-state index contributed by atoms with van der Waals surface area (Å²) < 4.78 is 1.31. The van der Waals surface area contributed by atoms with E-state index >= 15 is 0 Å². The third-order valence-corrected chi connectivity index (χ3v) is 4.43.